The molecule has 0 bridgehead atoms. The van der Waals surface area contributed by atoms with Gasteiger partial charge in [0.1, 0.15) is 0 Å². The fraction of sp³-hybridized carbons (Fsp3) is 0.333. The van der Waals surface area contributed by atoms with E-state index >= 15 is 0 Å². The van der Waals surface area contributed by atoms with Crippen LogP contribution in [0.3, 0.4) is 0 Å². The van der Waals surface area contributed by atoms with E-state index in [1.165, 1.54) is 5.56 Å². The zero-order valence-electron chi connectivity index (χ0n) is 4.96. The van der Waals surface area contributed by atoms with Crippen LogP contribution in [0.1, 0.15) is 5.56 Å². The van der Waals surface area contributed by atoms with E-state index in [0.29, 0.717) is 6.54 Å². The minimum Gasteiger partial charge on any atom is -0.272 e. The molecule has 1 aromatic rings. The molecule has 0 saturated carbocycles. The lowest BCUT2D eigenvalue weighted by Crippen LogP contribution is -1.92. The van der Waals surface area contributed by atoms with E-state index in [1.54, 1.807) is 4.68 Å². The van der Waals surface area contributed by atoms with Gasteiger partial charge in [-0.3, -0.25) is 4.68 Å². The Morgan fingerprint density at radius 3 is 2.88 bits per heavy atom. The lowest BCUT2D eigenvalue weighted by molar-refractivity contribution is 0.699. The monoisotopic (exact) mass is 109 g/mol. The average molecular weight is 109 g/mol. The van der Waals surface area contributed by atoms with E-state index in [-0.39, 0.29) is 0 Å². The largest absolute Gasteiger partial charge is 0.272 e. The van der Waals surface area contributed by atoms with Crippen molar-refractivity contribution in [2.75, 3.05) is 0 Å². The molecule has 0 spiro atoms. The summed E-state index contributed by atoms with van der Waals surface area (Å²) in [5.74, 6) is 0. The molecule has 2 nitrogen and oxygen atoms in total. The summed E-state index contributed by atoms with van der Waals surface area (Å²) in [6.07, 6.45) is 3.79. The second kappa shape index (κ2) is 1.99. The molecule has 0 amide bonds. The summed E-state index contributed by atoms with van der Waals surface area (Å²) in [6, 6.07) is 0. The molecule has 1 rings (SSSR count). The highest BCUT2D eigenvalue weighted by molar-refractivity contribution is 4.99. The van der Waals surface area contributed by atoms with Gasteiger partial charge in [-0.25, -0.2) is 0 Å². The molecule has 2 heteroatoms. The third kappa shape index (κ3) is 0.886. The Hall–Kier alpha value is -0.790. The molecule has 1 heterocycles. The molecular weight excluding hydrogens is 100 g/mol. The first-order valence-electron chi connectivity index (χ1n) is 2.61. The maximum Gasteiger partial charge on any atom is 0.0518 e. The van der Waals surface area contributed by atoms with Crippen molar-refractivity contribution >= 4 is 0 Å². The molecule has 0 unspecified atom stereocenters. The van der Waals surface area contributed by atoms with Gasteiger partial charge in [-0.2, -0.15) is 5.10 Å². The molecule has 0 fully saturated rings. The van der Waals surface area contributed by atoms with E-state index in [4.69, 9.17) is 0 Å². The predicted molar refractivity (Wildman–Crippen MR) is 32.3 cm³/mol. The van der Waals surface area contributed by atoms with Gasteiger partial charge in [0.2, 0.25) is 0 Å². The molecule has 1 radical (unpaired) electrons. The number of hydrogen-bond acceptors (Lipinski definition) is 1. The van der Waals surface area contributed by atoms with Crippen LogP contribution in [0.5, 0.6) is 0 Å². The van der Waals surface area contributed by atoms with E-state index in [0.717, 1.165) is 0 Å². The van der Waals surface area contributed by atoms with Crippen molar-refractivity contribution in [3.8, 4) is 0 Å². The van der Waals surface area contributed by atoms with Crippen LogP contribution in [-0.4, -0.2) is 9.78 Å². The fourth-order valence-electron chi connectivity index (χ4n) is 0.589. The normalized spacial score (nSPS) is 9.75. The molecule has 43 valence electrons. The Kier molecular flexibility index (Phi) is 1.33. The highest BCUT2D eigenvalue weighted by Crippen LogP contribution is 1.91. The van der Waals surface area contributed by atoms with Crippen LogP contribution in [0, 0.1) is 13.8 Å². The first kappa shape index (κ1) is 5.35. The van der Waals surface area contributed by atoms with Gasteiger partial charge in [-0.15, -0.1) is 0 Å². The maximum absolute atomic E-state index is 3.99. The molecule has 0 aromatic carbocycles. The summed E-state index contributed by atoms with van der Waals surface area (Å²) >= 11 is 0. The SMILES string of the molecule is [CH2]Cn1cc(C)cn1. The van der Waals surface area contributed by atoms with Crippen molar-refractivity contribution in [3.63, 3.8) is 0 Å². The first-order valence-corrected chi connectivity index (χ1v) is 2.61. The Bertz CT molecular complexity index is 167. The van der Waals surface area contributed by atoms with Crippen molar-refractivity contribution in [3.05, 3.63) is 24.9 Å². The van der Waals surface area contributed by atoms with Crippen LogP contribution >= 0.6 is 0 Å². The minimum atomic E-state index is 0.716. The zero-order chi connectivity index (χ0) is 5.98. The standard InChI is InChI=1S/C6H9N2/c1-3-8-5-6(2)4-7-8/h4-5H,1,3H2,2H3. The molecule has 0 saturated heterocycles. The van der Waals surface area contributed by atoms with Crippen LogP contribution in [0.4, 0.5) is 0 Å². The van der Waals surface area contributed by atoms with Gasteiger partial charge in [0, 0.05) is 12.7 Å². The Morgan fingerprint density at radius 2 is 2.62 bits per heavy atom. The fourth-order valence-corrected chi connectivity index (χ4v) is 0.589. The van der Waals surface area contributed by atoms with Gasteiger partial charge in [0.05, 0.1) is 6.20 Å². The Morgan fingerprint density at radius 1 is 1.88 bits per heavy atom. The number of hydrogen-bond donors (Lipinski definition) is 0. The van der Waals surface area contributed by atoms with Crippen LogP contribution in [-0.2, 0) is 6.54 Å². The van der Waals surface area contributed by atoms with Crippen LogP contribution in [0.15, 0.2) is 12.4 Å². The predicted octanol–water partition coefficient (Wildman–Crippen LogP) is 1.03. The van der Waals surface area contributed by atoms with Crippen molar-refractivity contribution in [1.29, 1.82) is 0 Å². The molecule has 0 atom stereocenters. The molecule has 0 aliphatic rings. The molecule has 1 aromatic heterocycles. The van der Waals surface area contributed by atoms with Crippen LogP contribution in [0.2, 0.25) is 0 Å². The minimum absolute atomic E-state index is 0.716. The summed E-state index contributed by atoms with van der Waals surface area (Å²) in [5, 5.41) is 3.99. The number of nitrogens with zero attached hydrogens (tertiary/aromatic N) is 2. The smallest absolute Gasteiger partial charge is 0.0518 e. The zero-order valence-corrected chi connectivity index (χ0v) is 4.96. The van der Waals surface area contributed by atoms with Gasteiger partial charge in [0.15, 0.2) is 0 Å². The summed E-state index contributed by atoms with van der Waals surface area (Å²) in [4.78, 5) is 0. The van der Waals surface area contributed by atoms with Gasteiger partial charge in [-0.05, 0) is 19.4 Å². The topological polar surface area (TPSA) is 17.8 Å². The van der Waals surface area contributed by atoms with E-state index < -0.39 is 0 Å². The van der Waals surface area contributed by atoms with Crippen molar-refractivity contribution in [2.24, 2.45) is 0 Å². The van der Waals surface area contributed by atoms with Crippen molar-refractivity contribution in [1.82, 2.24) is 9.78 Å². The summed E-state index contributed by atoms with van der Waals surface area (Å²) in [7, 11) is 0. The second-order valence-corrected chi connectivity index (χ2v) is 1.78. The lowest BCUT2D eigenvalue weighted by Gasteiger charge is -1.88. The van der Waals surface area contributed by atoms with E-state index in [1.807, 2.05) is 19.3 Å². The third-order valence-corrected chi connectivity index (χ3v) is 0.991. The molecule has 8 heavy (non-hydrogen) atoms. The highest BCUT2D eigenvalue weighted by Gasteiger charge is 1.86. The highest BCUT2D eigenvalue weighted by atomic mass is 15.3. The van der Waals surface area contributed by atoms with Gasteiger partial charge >= 0.3 is 0 Å². The van der Waals surface area contributed by atoms with Gasteiger partial charge < -0.3 is 0 Å². The third-order valence-electron chi connectivity index (χ3n) is 0.991. The number of aromatic nitrogens is 2. The average Bonchev–Trinajstić information content (AvgIpc) is 2.14. The first-order chi connectivity index (χ1) is 3.83. The van der Waals surface area contributed by atoms with Crippen LogP contribution in [0.25, 0.3) is 0 Å². The summed E-state index contributed by atoms with van der Waals surface area (Å²) < 4.78 is 1.80. The second-order valence-electron chi connectivity index (χ2n) is 1.78. The summed E-state index contributed by atoms with van der Waals surface area (Å²) in [6.45, 7) is 6.40. The van der Waals surface area contributed by atoms with Crippen LogP contribution < -0.4 is 0 Å². The molecule has 0 aliphatic heterocycles. The van der Waals surface area contributed by atoms with E-state index in [2.05, 4.69) is 12.0 Å². The molecule has 0 aliphatic carbocycles. The molecular formula is C6H9N2. The summed E-state index contributed by atoms with van der Waals surface area (Å²) in [5.41, 5.74) is 1.19. The number of rotatable bonds is 1. The quantitative estimate of drug-likeness (QED) is 0.526. The molecule has 0 N–H and O–H groups in total. The Labute approximate surface area is 49.1 Å². The lowest BCUT2D eigenvalue weighted by atomic mass is 10.4. The van der Waals surface area contributed by atoms with Gasteiger partial charge in [0.25, 0.3) is 0 Å². The van der Waals surface area contributed by atoms with Crippen molar-refractivity contribution in [2.45, 2.75) is 13.5 Å². The maximum atomic E-state index is 3.99. The Balaban J connectivity index is 2.84. The van der Waals surface area contributed by atoms with Crippen molar-refractivity contribution < 1.29 is 0 Å². The number of aryl methyl sites for hydroxylation is 1. The van der Waals surface area contributed by atoms with Gasteiger partial charge in [-0.1, -0.05) is 0 Å². The van der Waals surface area contributed by atoms with E-state index in [9.17, 15) is 0 Å².